The molecule has 1 aliphatic heterocycles. The lowest BCUT2D eigenvalue weighted by Gasteiger charge is -2.36. The fourth-order valence-corrected chi connectivity index (χ4v) is 2.95. The lowest BCUT2D eigenvalue weighted by molar-refractivity contribution is 0.0745. The van der Waals surface area contributed by atoms with E-state index in [-0.39, 0.29) is 17.0 Å². The molecule has 1 amide bonds. The Kier molecular flexibility index (Phi) is 4.52. The number of halogens is 1. The van der Waals surface area contributed by atoms with Gasteiger partial charge in [0, 0.05) is 31.9 Å². The number of piperazine rings is 1. The summed E-state index contributed by atoms with van der Waals surface area (Å²) in [6.07, 6.45) is 0. The average Bonchev–Trinajstić information content (AvgIpc) is 2.61. The first kappa shape index (κ1) is 16.7. The third-order valence-electron chi connectivity index (χ3n) is 4.30. The second kappa shape index (κ2) is 6.77. The molecule has 128 valence electrons. The minimum Gasteiger partial charge on any atom is -0.367 e. The van der Waals surface area contributed by atoms with Crippen LogP contribution in [0, 0.1) is 24.1 Å². The van der Waals surface area contributed by atoms with Crippen LogP contribution in [-0.2, 0) is 0 Å². The van der Waals surface area contributed by atoms with E-state index in [4.69, 9.17) is 5.26 Å². The van der Waals surface area contributed by atoms with Gasteiger partial charge in [-0.25, -0.2) is 4.39 Å². The Labute approximate surface area is 144 Å². The number of pyridine rings is 1. The highest BCUT2D eigenvalue weighted by Crippen LogP contribution is 2.23. The highest BCUT2D eigenvalue weighted by Gasteiger charge is 2.25. The summed E-state index contributed by atoms with van der Waals surface area (Å²) in [5.74, 6) is -0.870. The summed E-state index contributed by atoms with van der Waals surface area (Å²) in [4.78, 5) is 30.6. The smallest absolute Gasteiger partial charge is 0.260 e. The standard InChI is InChI=1S/C18H17FN4O2/c1-12-5-6-13(17(24)21-12)18(25)23-9-7-22(8-10-23)16-4-2-3-15(19)14(16)11-20/h2-6H,7-10H2,1H3,(H,21,24). The number of amides is 1. The molecule has 7 heteroatoms. The topological polar surface area (TPSA) is 80.2 Å². The van der Waals surface area contributed by atoms with E-state index in [0.29, 0.717) is 37.6 Å². The predicted octanol–water partition coefficient (Wildman–Crippen LogP) is 1.66. The van der Waals surface area contributed by atoms with Crippen LogP contribution in [0.5, 0.6) is 0 Å². The molecule has 1 saturated heterocycles. The minimum absolute atomic E-state index is 0.0113. The van der Waals surface area contributed by atoms with Crippen molar-refractivity contribution in [3.63, 3.8) is 0 Å². The van der Waals surface area contributed by atoms with Gasteiger partial charge in [0.05, 0.1) is 5.69 Å². The number of rotatable bonds is 2. The highest BCUT2D eigenvalue weighted by atomic mass is 19.1. The molecule has 0 unspecified atom stereocenters. The molecule has 0 atom stereocenters. The molecule has 1 aromatic carbocycles. The molecule has 1 aromatic heterocycles. The summed E-state index contributed by atoms with van der Waals surface area (Å²) in [7, 11) is 0. The number of H-pyrrole nitrogens is 1. The third-order valence-corrected chi connectivity index (χ3v) is 4.30. The lowest BCUT2D eigenvalue weighted by atomic mass is 10.1. The van der Waals surface area contributed by atoms with Crippen molar-refractivity contribution in [2.24, 2.45) is 0 Å². The molecular weight excluding hydrogens is 323 g/mol. The van der Waals surface area contributed by atoms with Gasteiger partial charge in [-0.1, -0.05) is 6.07 Å². The van der Waals surface area contributed by atoms with Crippen LogP contribution >= 0.6 is 0 Å². The lowest BCUT2D eigenvalue weighted by Crippen LogP contribution is -2.49. The maximum absolute atomic E-state index is 13.8. The van der Waals surface area contributed by atoms with Crippen molar-refractivity contribution in [1.29, 1.82) is 5.26 Å². The zero-order valence-corrected chi connectivity index (χ0v) is 13.8. The molecule has 0 spiro atoms. The van der Waals surface area contributed by atoms with Crippen molar-refractivity contribution in [2.75, 3.05) is 31.1 Å². The summed E-state index contributed by atoms with van der Waals surface area (Å²) >= 11 is 0. The fourth-order valence-electron chi connectivity index (χ4n) is 2.95. The molecule has 0 bridgehead atoms. The van der Waals surface area contributed by atoms with E-state index in [1.54, 1.807) is 30.0 Å². The Morgan fingerprint density at radius 3 is 2.56 bits per heavy atom. The van der Waals surface area contributed by atoms with Crippen molar-refractivity contribution >= 4 is 11.6 Å². The number of carbonyl (C=O) groups is 1. The number of benzene rings is 1. The predicted molar refractivity (Wildman–Crippen MR) is 91.0 cm³/mol. The van der Waals surface area contributed by atoms with Gasteiger partial charge in [-0.15, -0.1) is 0 Å². The van der Waals surface area contributed by atoms with Crippen LogP contribution in [0.15, 0.2) is 35.1 Å². The second-order valence-corrected chi connectivity index (χ2v) is 5.91. The molecule has 1 aliphatic rings. The van der Waals surface area contributed by atoms with E-state index in [2.05, 4.69) is 4.98 Å². The van der Waals surface area contributed by atoms with E-state index < -0.39 is 11.4 Å². The molecule has 6 nitrogen and oxygen atoms in total. The quantitative estimate of drug-likeness (QED) is 0.901. The van der Waals surface area contributed by atoms with E-state index in [1.807, 2.05) is 11.0 Å². The van der Waals surface area contributed by atoms with Gasteiger partial charge >= 0.3 is 0 Å². The molecule has 3 rings (SSSR count). The van der Waals surface area contributed by atoms with Gasteiger partial charge in [0.15, 0.2) is 0 Å². The summed E-state index contributed by atoms with van der Waals surface area (Å²) in [6.45, 7) is 3.47. The van der Waals surface area contributed by atoms with E-state index >= 15 is 0 Å². The number of aryl methyl sites for hydroxylation is 1. The maximum atomic E-state index is 13.8. The zero-order valence-electron chi connectivity index (χ0n) is 13.8. The number of aromatic nitrogens is 1. The number of nitrogens with zero attached hydrogens (tertiary/aromatic N) is 3. The minimum atomic E-state index is -0.551. The summed E-state index contributed by atoms with van der Waals surface area (Å²) in [5.41, 5.74) is 0.952. The van der Waals surface area contributed by atoms with Gasteiger partial charge in [-0.05, 0) is 31.2 Å². The van der Waals surface area contributed by atoms with Crippen LogP contribution in [0.3, 0.4) is 0 Å². The number of nitriles is 1. The van der Waals surface area contributed by atoms with Crippen LogP contribution in [0.1, 0.15) is 21.6 Å². The van der Waals surface area contributed by atoms with Crippen molar-refractivity contribution in [3.05, 3.63) is 63.3 Å². The number of nitrogens with one attached hydrogen (secondary N) is 1. The first-order chi connectivity index (χ1) is 12.0. The van der Waals surface area contributed by atoms with Crippen molar-refractivity contribution in [1.82, 2.24) is 9.88 Å². The van der Waals surface area contributed by atoms with Crippen molar-refractivity contribution < 1.29 is 9.18 Å². The van der Waals surface area contributed by atoms with Gasteiger partial charge in [0.2, 0.25) is 0 Å². The molecule has 1 N–H and O–H groups in total. The summed E-state index contributed by atoms with van der Waals surface area (Å²) in [6, 6.07) is 9.63. The van der Waals surface area contributed by atoms with Crippen LogP contribution in [0.25, 0.3) is 0 Å². The van der Waals surface area contributed by atoms with E-state index in [0.717, 1.165) is 0 Å². The number of hydrogen-bond donors (Lipinski definition) is 1. The molecular formula is C18H17FN4O2. The Hall–Kier alpha value is -3.14. The van der Waals surface area contributed by atoms with Crippen LogP contribution in [0.2, 0.25) is 0 Å². The van der Waals surface area contributed by atoms with Crippen molar-refractivity contribution in [3.8, 4) is 6.07 Å². The van der Waals surface area contributed by atoms with Gasteiger partial charge in [0.1, 0.15) is 23.0 Å². The SMILES string of the molecule is Cc1ccc(C(=O)N2CCN(c3cccc(F)c3C#N)CC2)c(=O)[nH]1. The zero-order chi connectivity index (χ0) is 18.0. The van der Waals surface area contributed by atoms with Crippen LogP contribution < -0.4 is 10.5 Å². The molecule has 25 heavy (non-hydrogen) atoms. The summed E-state index contributed by atoms with van der Waals surface area (Å²) in [5, 5.41) is 9.15. The Morgan fingerprint density at radius 1 is 1.20 bits per heavy atom. The Balaban J connectivity index is 1.74. The first-order valence-corrected chi connectivity index (χ1v) is 7.94. The maximum Gasteiger partial charge on any atom is 0.260 e. The number of hydrogen-bond acceptors (Lipinski definition) is 4. The number of anilines is 1. The highest BCUT2D eigenvalue weighted by molar-refractivity contribution is 5.94. The normalized spacial score (nSPS) is 14.3. The van der Waals surface area contributed by atoms with Gasteiger partial charge in [0.25, 0.3) is 11.5 Å². The van der Waals surface area contributed by atoms with Crippen LogP contribution in [0.4, 0.5) is 10.1 Å². The molecule has 2 aromatic rings. The summed E-state index contributed by atoms with van der Waals surface area (Å²) < 4.78 is 13.8. The first-order valence-electron chi connectivity index (χ1n) is 7.94. The Bertz CT molecular complexity index is 908. The molecule has 0 saturated carbocycles. The number of aromatic amines is 1. The third kappa shape index (κ3) is 3.24. The largest absolute Gasteiger partial charge is 0.367 e. The van der Waals surface area contributed by atoms with Gasteiger partial charge in [-0.2, -0.15) is 5.26 Å². The number of carbonyl (C=O) groups excluding carboxylic acids is 1. The molecule has 0 aliphatic carbocycles. The van der Waals surface area contributed by atoms with Gasteiger partial charge < -0.3 is 14.8 Å². The Morgan fingerprint density at radius 2 is 1.92 bits per heavy atom. The average molecular weight is 340 g/mol. The van der Waals surface area contributed by atoms with Gasteiger partial charge in [-0.3, -0.25) is 9.59 Å². The van der Waals surface area contributed by atoms with Crippen LogP contribution in [-0.4, -0.2) is 42.0 Å². The monoisotopic (exact) mass is 340 g/mol. The van der Waals surface area contributed by atoms with Crippen molar-refractivity contribution in [2.45, 2.75) is 6.92 Å². The van der Waals surface area contributed by atoms with E-state index in [9.17, 15) is 14.0 Å². The molecule has 0 radical (unpaired) electrons. The molecule has 2 heterocycles. The second-order valence-electron chi connectivity index (χ2n) is 5.91. The fraction of sp³-hybridized carbons (Fsp3) is 0.278. The molecule has 1 fully saturated rings. The van der Waals surface area contributed by atoms with E-state index in [1.165, 1.54) is 12.1 Å².